The first-order valence-electron chi connectivity index (χ1n) is 8.11. The summed E-state index contributed by atoms with van der Waals surface area (Å²) >= 11 is 1.21. The summed E-state index contributed by atoms with van der Waals surface area (Å²) in [5, 5.41) is 16.3. The summed E-state index contributed by atoms with van der Waals surface area (Å²) in [6.07, 6.45) is 1.62. The molecular formula is C20H13N3O3S. The molecule has 1 aliphatic rings. The van der Waals surface area contributed by atoms with Crippen molar-refractivity contribution < 1.29 is 9.72 Å². The molecule has 0 bridgehead atoms. The smallest absolute Gasteiger partial charge is 0.270 e. The zero-order valence-electron chi connectivity index (χ0n) is 14.0. The normalized spacial score (nSPS) is 16.8. The fourth-order valence-corrected chi connectivity index (χ4v) is 3.57. The third-order valence-corrected chi connectivity index (χ3v) is 4.90. The second-order valence-corrected chi connectivity index (χ2v) is 6.90. The van der Waals surface area contributed by atoms with Crippen molar-refractivity contribution in [2.45, 2.75) is 0 Å². The Labute approximate surface area is 158 Å². The van der Waals surface area contributed by atoms with Crippen LogP contribution in [-0.2, 0) is 4.79 Å². The zero-order chi connectivity index (χ0) is 18.8. The van der Waals surface area contributed by atoms with Crippen LogP contribution in [-0.4, -0.2) is 16.0 Å². The molecule has 1 amide bonds. The van der Waals surface area contributed by atoms with Crippen LogP contribution in [0.2, 0.25) is 0 Å². The first-order valence-corrected chi connectivity index (χ1v) is 8.93. The number of amides is 1. The zero-order valence-corrected chi connectivity index (χ0v) is 14.8. The lowest BCUT2D eigenvalue weighted by molar-refractivity contribution is -0.384. The third-order valence-electron chi connectivity index (χ3n) is 3.99. The van der Waals surface area contributed by atoms with E-state index >= 15 is 0 Å². The van der Waals surface area contributed by atoms with Gasteiger partial charge in [0, 0.05) is 12.1 Å². The number of nitro groups is 1. The highest BCUT2D eigenvalue weighted by molar-refractivity contribution is 8.18. The Kier molecular flexibility index (Phi) is 4.43. The maximum Gasteiger partial charge on any atom is 0.270 e. The summed E-state index contributed by atoms with van der Waals surface area (Å²) in [7, 11) is 0. The van der Waals surface area contributed by atoms with Crippen LogP contribution < -0.4 is 5.32 Å². The van der Waals surface area contributed by atoms with Crippen molar-refractivity contribution >= 4 is 51.1 Å². The number of aliphatic imine (C=N–C) groups is 1. The highest BCUT2D eigenvalue weighted by Crippen LogP contribution is 2.29. The number of nitrogens with one attached hydrogen (secondary N) is 1. The molecule has 4 rings (SSSR count). The molecule has 0 radical (unpaired) electrons. The van der Waals surface area contributed by atoms with E-state index in [2.05, 4.69) is 10.3 Å². The number of carbonyl (C=O) groups is 1. The van der Waals surface area contributed by atoms with E-state index < -0.39 is 4.92 Å². The minimum Gasteiger partial charge on any atom is -0.300 e. The molecule has 0 saturated carbocycles. The Morgan fingerprint density at radius 1 is 1.00 bits per heavy atom. The molecule has 0 aromatic heterocycles. The van der Waals surface area contributed by atoms with Crippen LogP contribution in [0, 0.1) is 10.1 Å². The van der Waals surface area contributed by atoms with Crippen molar-refractivity contribution in [3.05, 3.63) is 87.3 Å². The van der Waals surface area contributed by atoms with Gasteiger partial charge in [-0.05, 0) is 46.3 Å². The second-order valence-electron chi connectivity index (χ2n) is 5.87. The van der Waals surface area contributed by atoms with E-state index in [4.69, 9.17) is 0 Å². The number of nitro benzene ring substituents is 1. The average Bonchev–Trinajstić information content (AvgIpc) is 3.00. The first-order chi connectivity index (χ1) is 13.1. The van der Waals surface area contributed by atoms with Gasteiger partial charge in [-0.25, -0.2) is 4.99 Å². The number of fused-ring (bicyclic) bond motifs is 1. The number of hydrogen-bond acceptors (Lipinski definition) is 5. The SMILES string of the molecule is O=C1NC(=Nc2ccc3ccccc3c2)S/C1=C/c1cccc([N+](=O)[O-])c1. The number of nitrogens with zero attached hydrogens (tertiary/aromatic N) is 2. The molecular weight excluding hydrogens is 362 g/mol. The minimum absolute atomic E-state index is 0.0159. The Balaban J connectivity index is 1.60. The highest BCUT2D eigenvalue weighted by Gasteiger charge is 2.24. The lowest BCUT2D eigenvalue weighted by Gasteiger charge is -2.00. The van der Waals surface area contributed by atoms with Crippen LogP contribution in [0.5, 0.6) is 0 Å². The molecule has 1 saturated heterocycles. The lowest BCUT2D eigenvalue weighted by Crippen LogP contribution is -2.19. The standard InChI is InChI=1S/C20H13N3O3S/c24-19-18(11-13-4-3-7-17(10-13)23(25)26)27-20(22-19)21-16-9-8-14-5-1-2-6-15(14)12-16/h1-12H,(H,21,22,24)/b18-11+. The van der Waals surface area contributed by atoms with Gasteiger partial charge in [-0.2, -0.15) is 0 Å². The Morgan fingerprint density at radius 3 is 2.63 bits per heavy atom. The number of amidine groups is 1. The number of benzene rings is 3. The van der Waals surface area contributed by atoms with E-state index in [1.165, 1.54) is 23.9 Å². The van der Waals surface area contributed by atoms with Gasteiger partial charge in [0.1, 0.15) is 0 Å². The molecule has 0 aliphatic carbocycles. The number of non-ortho nitro benzene ring substituents is 1. The maximum absolute atomic E-state index is 12.2. The molecule has 1 heterocycles. The van der Waals surface area contributed by atoms with Gasteiger partial charge in [-0.3, -0.25) is 14.9 Å². The predicted molar refractivity (Wildman–Crippen MR) is 108 cm³/mol. The van der Waals surface area contributed by atoms with E-state index in [0.29, 0.717) is 15.6 Å². The van der Waals surface area contributed by atoms with Crippen molar-refractivity contribution in [3.63, 3.8) is 0 Å². The van der Waals surface area contributed by atoms with Gasteiger partial charge in [0.15, 0.2) is 5.17 Å². The summed E-state index contributed by atoms with van der Waals surface area (Å²) in [6, 6.07) is 20.0. The molecule has 132 valence electrons. The van der Waals surface area contributed by atoms with Crippen LogP contribution in [0.3, 0.4) is 0 Å². The monoisotopic (exact) mass is 375 g/mol. The molecule has 1 fully saturated rings. The minimum atomic E-state index is -0.462. The molecule has 1 N–H and O–H groups in total. The maximum atomic E-state index is 12.2. The molecule has 3 aromatic rings. The van der Waals surface area contributed by atoms with Gasteiger partial charge >= 0.3 is 0 Å². The van der Waals surface area contributed by atoms with Crippen LogP contribution >= 0.6 is 11.8 Å². The molecule has 3 aromatic carbocycles. The second kappa shape index (κ2) is 7.05. The van der Waals surface area contributed by atoms with Gasteiger partial charge in [0.25, 0.3) is 11.6 Å². The number of thioether (sulfide) groups is 1. The number of carbonyl (C=O) groups excluding carboxylic acids is 1. The van der Waals surface area contributed by atoms with Crippen molar-refractivity contribution in [3.8, 4) is 0 Å². The van der Waals surface area contributed by atoms with Crippen molar-refractivity contribution in [2.75, 3.05) is 0 Å². The quantitative estimate of drug-likeness (QED) is 0.411. The summed E-state index contributed by atoms with van der Waals surface area (Å²) in [5.74, 6) is -0.272. The van der Waals surface area contributed by atoms with Crippen LogP contribution in [0.1, 0.15) is 5.56 Å². The molecule has 1 aliphatic heterocycles. The molecule has 0 atom stereocenters. The lowest BCUT2D eigenvalue weighted by atomic mass is 10.1. The summed E-state index contributed by atoms with van der Waals surface area (Å²) in [4.78, 5) is 27.6. The van der Waals surface area contributed by atoms with E-state index in [1.807, 2.05) is 42.5 Å². The molecule has 0 spiro atoms. The van der Waals surface area contributed by atoms with Gasteiger partial charge in [0.05, 0.1) is 15.5 Å². The third kappa shape index (κ3) is 3.73. The summed E-state index contributed by atoms with van der Waals surface area (Å²) in [5.41, 5.74) is 1.32. The molecule has 27 heavy (non-hydrogen) atoms. The predicted octanol–water partition coefficient (Wildman–Crippen LogP) is 4.64. The van der Waals surface area contributed by atoms with E-state index in [1.54, 1.807) is 18.2 Å². The molecule has 0 unspecified atom stereocenters. The number of rotatable bonds is 3. The van der Waals surface area contributed by atoms with E-state index in [0.717, 1.165) is 16.5 Å². The van der Waals surface area contributed by atoms with Crippen LogP contribution in [0.4, 0.5) is 11.4 Å². The Morgan fingerprint density at radius 2 is 1.81 bits per heavy atom. The van der Waals surface area contributed by atoms with Gasteiger partial charge in [-0.1, -0.05) is 42.5 Å². The highest BCUT2D eigenvalue weighted by atomic mass is 32.2. The van der Waals surface area contributed by atoms with E-state index in [-0.39, 0.29) is 11.6 Å². The van der Waals surface area contributed by atoms with Crippen LogP contribution in [0.25, 0.3) is 16.8 Å². The van der Waals surface area contributed by atoms with Gasteiger partial charge in [-0.15, -0.1) is 0 Å². The van der Waals surface area contributed by atoms with Crippen molar-refractivity contribution in [2.24, 2.45) is 4.99 Å². The van der Waals surface area contributed by atoms with Crippen molar-refractivity contribution in [1.82, 2.24) is 5.32 Å². The van der Waals surface area contributed by atoms with Gasteiger partial charge in [0.2, 0.25) is 0 Å². The largest absolute Gasteiger partial charge is 0.300 e. The summed E-state index contributed by atoms with van der Waals surface area (Å²) < 4.78 is 0. The van der Waals surface area contributed by atoms with E-state index in [9.17, 15) is 14.9 Å². The van der Waals surface area contributed by atoms with Crippen LogP contribution in [0.15, 0.2) is 76.6 Å². The Bertz CT molecular complexity index is 1140. The topological polar surface area (TPSA) is 84.6 Å². The first kappa shape index (κ1) is 17.0. The fourth-order valence-electron chi connectivity index (χ4n) is 2.72. The Hall–Kier alpha value is -3.45. The molecule has 7 heteroatoms. The van der Waals surface area contributed by atoms with Crippen molar-refractivity contribution in [1.29, 1.82) is 0 Å². The fraction of sp³-hybridized carbons (Fsp3) is 0. The average molecular weight is 375 g/mol. The van der Waals surface area contributed by atoms with Gasteiger partial charge < -0.3 is 5.32 Å². The number of hydrogen-bond donors (Lipinski definition) is 1. The summed E-state index contributed by atoms with van der Waals surface area (Å²) in [6.45, 7) is 0. The molecule has 6 nitrogen and oxygen atoms in total.